The highest BCUT2D eigenvalue weighted by Crippen LogP contribution is 2.32. The van der Waals surface area contributed by atoms with Crippen LogP contribution in [0.3, 0.4) is 0 Å². The fourth-order valence-corrected chi connectivity index (χ4v) is 2.23. The molecule has 0 radical (unpaired) electrons. The minimum Gasteiger partial charge on any atom is -0.386 e. The van der Waals surface area contributed by atoms with Gasteiger partial charge in [-0.1, -0.05) is 5.11 Å². The number of azide groups is 1. The second-order valence-electron chi connectivity index (χ2n) is 4.40. The molecule has 0 bridgehead atoms. The summed E-state index contributed by atoms with van der Waals surface area (Å²) in [6.07, 6.45) is 0.318. The van der Waals surface area contributed by atoms with Gasteiger partial charge < -0.3 is 10.2 Å². The number of rotatable bonds is 4. The topological polar surface area (TPSA) is 81.1 Å². The molecule has 7 heteroatoms. The molecule has 1 heterocycles. The highest BCUT2D eigenvalue weighted by atomic mass is 19.1. The number of anilines is 2. The summed E-state index contributed by atoms with van der Waals surface area (Å²) in [6, 6.07) is 4.27. The Morgan fingerprint density at radius 3 is 3.11 bits per heavy atom. The van der Waals surface area contributed by atoms with Gasteiger partial charge in [0.2, 0.25) is 5.91 Å². The first kappa shape index (κ1) is 13.2. The third-order valence-corrected chi connectivity index (χ3v) is 3.13. The molecule has 1 aliphatic rings. The summed E-state index contributed by atoms with van der Waals surface area (Å²) in [4.78, 5) is 16.2. The number of halogens is 1. The van der Waals surface area contributed by atoms with Crippen LogP contribution in [0.2, 0.25) is 0 Å². The first-order valence-corrected chi connectivity index (χ1v) is 5.94. The second-order valence-corrected chi connectivity index (χ2v) is 4.40. The quantitative estimate of drug-likeness (QED) is 0.514. The van der Waals surface area contributed by atoms with E-state index in [4.69, 9.17) is 5.53 Å². The van der Waals surface area contributed by atoms with E-state index in [1.807, 2.05) is 0 Å². The van der Waals surface area contributed by atoms with E-state index >= 15 is 0 Å². The molecule has 1 atom stereocenters. The maximum Gasteiger partial charge on any atom is 0.227 e. The maximum atomic E-state index is 13.3. The molecule has 1 amide bonds. The van der Waals surface area contributed by atoms with E-state index in [0.29, 0.717) is 24.3 Å². The highest BCUT2D eigenvalue weighted by molar-refractivity contribution is 5.98. The molecule has 0 saturated carbocycles. The van der Waals surface area contributed by atoms with Crippen LogP contribution >= 0.6 is 0 Å². The van der Waals surface area contributed by atoms with Crippen LogP contribution in [0.15, 0.2) is 23.3 Å². The molecule has 0 aliphatic carbocycles. The normalized spacial score (nSPS) is 18.3. The summed E-state index contributed by atoms with van der Waals surface area (Å²) in [5, 5.41) is 6.42. The standard InChI is InChI=1S/C12H14FN5O/c1-15-10-3-2-9(13)5-11(10)18-7-8(4-12(18)19)6-16-17-14/h2-3,5,8,15H,4,6-7H2,1H3. The lowest BCUT2D eigenvalue weighted by Gasteiger charge is -2.20. The van der Waals surface area contributed by atoms with Gasteiger partial charge in [0.1, 0.15) is 5.82 Å². The van der Waals surface area contributed by atoms with Gasteiger partial charge in [-0.25, -0.2) is 4.39 Å². The molecule has 2 rings (SSSR count). The average molecular weight is 263 g/mol. The van der Waals surface area contributed by atoms with Crippen LogP contribution in [-0.2, 0) is 4.79 Å². The molecule has 1 unspecified atom stereocenters. The first-order chi connectivity index (χ1) is 9.15. The predicted octanol–water partition coefficient (Wildman–Crippen LogP) is 2.53. The summed E-state index contributed by atoms with van der Waals surface area (Å²) in [5.74, 6) is -0.489. The van der Waals surface area contributed by atoms with Crippen molar-refractivity contribution >= 4 is 17.3 Å². The van der Waals surface area contributed by atoms with Crippen LogP contribution in [0.25, 0.3) is 10.4 Å². The first-order valence-electron chi connectivity index (χ1n) is 5.94. The third kappa shape index (κ3) is 2.77. The number of carbonyl (C=O) groups excluding carboxylic acids is 1. The van der Waals surface area contributed by atoms with Crippen LogP contribution in [0.4, 0.5) is 15.8 Å². The van der Waals surface area contributed by atoms with E-state index < -0.39 is 0 Å². The number of hydrogen-bond donors (Lipinski definition) is 1. The summed E-state index contributed by atoms with van der Waals surface area (Å²) in [7, 11) is 1.72. The van der Waals surface area contributed by atoms with Crippen LogP contribution in [-0.4, -0.2) is 26.0 Å². The van der Waals surface area contributed by atoms with Gasteiger partial charge in [-0.05, 0) is 29.6 Å². The Hall–Kier alpha value is -2.27. The zero-order valence-corrected chi connectivity index (χ0v) is 10.5. The Bertz CT molecular complexity index is 541. The molecule has 6 nitrogen and oxygen atoms in total. The van der Waals surface area contributed by atoms with Gasteiger partial charge in [-0.3, -0.25) is 4.79 Å². The van der Waals surface area contributed by atoms with Gasteiger partial charge in [0, 0.05) is 31.5 Å². The highest BCUT2D eigenvalue weighted by Gasteiger charge is 2.31. The summed E-state index contributed by atoms with van der Waals surface area (Å²) in [5.41, 5.74) is 9.51. The fraction of sp³-hybridized carbons (Fsp3) is 0.417. The lowest BCUT2D eigenvalue weighted by Crippen LogP contribution is -2.25. The van der Waals surface area contributed by atoms with Gasteiger partial charge in [0.05, 0.1) is 11.4 Å². The molecule has 0 spiro atoms. The van der Waals surface area contributed by atoms with Crippen molar-refractivity contribution in [2.24, 2.45) is 11.0 Å². The second kappa shape index (κ2) is 5.58. The van der Waals surface area contributed by atoms with Crippen LogP contribution in [0, 0.1) is 11.7 Å². The zero-order valence-electron chi connectivity index (χ0n) is 10.5. The largest absolute Gasteiger partial charge is 0.386 e. The predicted molar refractivity (Wildman–Crippen MR) is 70.4 cm³/mol. The summed E-state index contributed by atoms with van der Waals surface area (Å²) < 4.78 is 13.3. The Morgan fingerprint density at radius 1 is 1.63 bits per heavy atom. The van der Waals surface area contributed by atoms with Gasteiger partial charge in [-0.2, -0.15) is 0 Å². The van der Waals surface area contributed by atoms with Crippen molar-refractivity contribution < 1.29 is 9.18 Å². The minimum absolute atomic E-state index is 0.0172. The minimum atomic E-state index is -0.389. The van der Waals surface area contributed by atoms with E-state index in [2.05, 4.69) is 15.3 Å². The van der Waals surface area contributed by atoms with Gasteiger partial charge >= 0.3 is 0 Å². The number of amides is 1. The molecule has 1 aromatic rings. The fourth-order valence-electron chi connectivity index (χ4n) is 2.23. The van der Waals surface area contributed by atoms with Crippen molar-refractivity contribution in [1.29, 1.82) is 0 Å². The Kier molecular flexibility index (Phi) is 3.87. The van der Waals surface area contributed by atoms with Crippen molar-refractivity contribution in [3.05, 3.63) is 34.5 Å². The Morgan fingerprint density at radius 2 is 2.42 bits per heavy atom. The summed E-state index contributed by atoms with van der Waals surface area (Å²) in [6.45, 7) is 0.721. The van der Waals surface area contributed by atoms with E-state index in [1.165, 1.54) is 17.0 Å². The smallest absolute Gasteiger partial charge is 0.227 e. The van der Waals surface area contributed by atoms with Crippen molar-refractivity contribution in [2.45, 2.75) is 6.42 Å². The lowest BCUT2D eigenvalue weighted by atomic mass is 10.1. The van der Waals surface area contributed by atoms with Gasteiger partial charge in [0.25, 0.3) is 0 Å². The molecule has 1 saturated heterocycles. The molecular weight excluding hydrogens is 249 g/mol. The maximum absolute atomic E-state index is 13.3. The van der Waals surface area contributed by atoms with Crippen molar-refractivity contribution in [2.75, 3.05) is 30.4 Å². The summed E-state index contributed by atoms with van der Waals surface area (Å²) >= 11 is 0. The number of nitrogens with one attached hydrogen (secondary N) is 1. The lowest BCUT2D eigenvalue weighted by molar-refractivity contribution is -0.117. The molecule has 19 heavy (non-hydrogen) atoms. The molecule has 1 aromatic carbocycles. The number of benzene rings is 1. The van der Waals surface area contributed by atoms with Crippen molar-refractivity contribution in [3.63, 3.8) is 0 Å². The number of nitrogens with zero attached hydrogens (tertiary/aromatic N) is 4. The molecule has 1 fully saturated rings. The molecule has 100 valence electrons. The SMILES string of the molecule is CNc1ccc(F)cc1N1CC(CN=[N+]=[N-])CC1=O. The third-order valence-electron chi connectivity index (χ3n) is 3.13. The number of hydrogen-bond acceptors (Lipinski definition) is 3. The van der Waals surface area contributed by atoms with E-state index in [1.54, 1.807) is 13.1 Å². The van der Waals surface area contributed by atoms with Gasteiger partial charge in [-0.15, -0.1) is 0 Å². The molecule has 1 aliphatic heterocycles. The Labute approximate surface area is 109 Å². The molecule has 0 aromatic heterocycles. The molecular formula is C12H14FN5O. The van der Waals surface area contributed by atoms with Crippen LogP contribution in [0.5, 0.6) is 0 Å². The van der Waals surface area contributed by atoms with E-state index in [0.717, 1.165) is 0 Å². The molecule has 1 N–H and O–H groups in total. The van der Waals surface area contributed by atoms with Crippen LogP contribution < -0.4 is 10.2 Å². The monoisotopic (exact) mass is 263 g/mol. The van der Waals surface area contributed by atoms with Crippen LogP contribution in [0.1, 0.15) is 6.42 Å². The van der Waals surface area contributed by atoms with Crippen molar-refractivity contribution in [3.8, 4) is 0 Å². The number of carbonyl (C=O) groups is 1. The van der Waals surface area contributed by atoms with Crippen molar-refractivity contribution in [1.82, 2.24) is 0 Å². The van der Waals surface area contributed by atoms with Gasteiger partial charge in [0.15, 0.2) is 0 Å². The van der Waals surface area contributed by atoms with E-state index in [-0.39, 0.29) is 24.2 Å². The zero-order chi connectivity index (χ0) is 13.8. The van der Waals surface area contributed by atoms with E-state index in [9.17, 15) is 9.18 Å². The average Bonchev–Trinajstić information content (AvgIpc) is 2.77. The Balaban J connectivity index is 2.24.